The zero-order valence-electron chi connectivity index (χ0n) is 7.19. The maximum atomic E-state index is 10.7. The van der Waals surface area contributed by atoms with Crippen molar-refractivity contribution in [2.45, 2.75) is 15.3 Å². The zero-order chi connectivity index (χ0) is 8.20. The van der Waals surface area contributed by atoms with E-state index in [4.69, 9.17) is 8.25 Å². The number of carbonyl (C=O) groups is 1. The number of amides is 1. The number of hydrogen-bond acceptors (Lipinski definition) is 2. The third-order valence-electron chi connectivity index (χ3n) is 1.67. The molecule has 0 heterocycles. The second-order valence-electron chi connectivity index (χ2n) is 2.94. The largest absolute Gasteiger partial charge is 0.344 e. The van der Waals surface area contributed by atoms with Gasteiger partial charge in [-0.05, 0) is 0 Å². The minimum atomic E-state index is -2.89. The van der Waals surface area contributed by atoms with Gasteiger partial charge in [0.1, 0.15) is 0 Å². The van der Waals surface area contributed by atoms with E-state index in [0.29, 0.717) is 0 Å². The van der Waals surface area contributed by atoms with Crippen LogP contribution in [-0.2, 0) is 25.3 Å². The monoisotopic (exact) mass is 368 g/mol. The van der Waals surface area contributed by atoms with Gasteiger partial charge in [-0.3, -0.25) is 0 Å². The summed E-state index contributed by atoms with van der Waals surface area (Å²) >= 11 is -2.89. The predicted molar refractivity (Wildman–Crippen MR) is 45.6 cm³/mol. The standard InChI is InChI=1S/C3H5NO.C2H5.CH3.ClH.Hg.H3N/c1-2-3(4)5;1-2;;;;/h2H,1H2,(H2,4,5);1H2,2H3;1H3;1H;;1H3/q;;;;+2;/p-2. The summed E-state index contributed by atoms with van der Waals surface area (Å²) < 4.78 is 5.71. The molecule has 0 bridgehead atoms. The van der Waals surface area contributed by atoms with Crippen molar-refractivity contribution in [3.05, 3.63) is 12.7 Å². The van der Waals surface area contributed by atoms with Crippen LogP contribution >= 0.6 is 8.25 Å². The van der Waals surface area contributed by atoms with E-state index in [0.717, 1.165) is 3.93 Å². The van der Waals surface area contributed by atoms with Gasteiger partial charge in [-0.25, -0.2) is 0 Å². The SMILES string of the molecule is C=CC(=O)[NH][Hg]([CH3])([Cl])[CH2]C.N. The van der Waals surface area contributed by atoms with Gasteiger partial charge in [0.15, 0.2) is 0 Å². The Bertz CT molecular complexity index is 150. The average molecular weight is 367 g/mol. The second kappa shape index (κ2) is 5.97. The summed E-state index contributed by atoms with van der Waals surface area (Å²) in [5.74, 6) is -0.132. The van der Waals surface area contributed by atoms with Gasteiger partial charge in [0, 0.05) is 0 Å². The fourth-order valence-corrected chi connectivity index (χ4v) is 6.07. The molecule has 64 valence electrons. The number of halogens is 1. The summed E-state index contributed by atoms with van der Waals surface area (Å²) in [6, 6.07) is 0. The van der Waals surface area contributed by atoms with Gasteiger partial charge in [0.05, 0.1) is 0 Å². The topological polar surface area (TPSA) is 64.1 Å². The second-order valence-corrected chi connectivity index (χ2v) is 31.7. The third-order valence-corrected chi connectivity index (χ3v) is 17.7. The molecule has 0 saturated heterocycles. The van der Waals surface area contributed by atoms with Crippen LogP contribution < -0.4 is 9.23 Å². The smallest absolute Gasteiger partial charge is 0.344 e. The van der Waals surface area contributed by atoms with E-state index < -0.39 is 20.5 Å². The molecule has 0 aromatic rings. The quantitative estimate of drug-likeness (QED) is 0.593. The molecule has 1 atom stereocenters. The van der Waals surface area contributed by atoms with E-state index in [1.807, 2.05) is 11.4 Å². The molecule has 0 rings (SSSR count). The van der Waals surface area contributed by atoms with Crippen LogP contribution in [0.2, 0.25) is 8.36 Å². The molecule has 0 fully saturated rings. The van der Waals surface area contributed by atoms with E-state index in [2.05, 4.69) is 9.66 Å². The summed E-state index contributed by atoms with van der Waals surface area (Å²) in [6.45, 7) is 5.35. The fraction of sp³-hybridized carbons (Fsp3) is 0.500. The molecule has 5 heteroatoms. The number of carbonyl (C=O) groups excluding carboxylic acids is 1. The Hall–Kier alpha value is 0.395. The van der Waals surface area contributed by atoms with Crippen LogP contribution in [0, 0.1) is 0 Å². The van der Waals surface area contributed by atoms with Crippen molar-refractivity contribution >= 4 is 14.2 Å². The molecule has 4 N–H and O–H groups in total. The minimum Gasteiger partial charge on any atom is -0.344 e. The van der Waals surface area contributed by atoms with Crippen molar-refractivity contribution in [3.8, 4) is 0 Å². The molecule has 0 spiro atoms. The Labute approximate surface area is 76.4 Å². The van der Waals surface area contributed by atoms with Crippen molar-refractivity contribution in [1.82, 2.24) is 9.23 Å². The Balaban J connectivity index is 0. The minimum absolute atomic E-state index is 0. The van der Waals surface area contributed by atoms with E-state index in [-0.39, 0.29) is 12.1 Å². The maximum absolute atomic E-state index is 10.7. The third kappa shape index (κ3) is 6.78. The number of rotatable bonds is 3. The fourth-order valence-electron chi connectivity index (χ4n) is 0.560. The first-order valence-corrected chi connectivity index (χ1v) is 22.6. The number of nitrogens with one attached hydrogen (secondary N) is 1. The molecule has 3 nitrogen and oxygen atoms in total. The summed E-state index contributed by atoms with van der Waals surface area (Å²) in [6.07, 6.45) is 1.26. The molecule has 0 saturated carbocycles. The van der Waals surface area contributed by atoms with E-state index in [1.165, 1.54) is 6.08 Å². The summed E-state index contributed by atoms with van der Waals surface area (Å²) in [4.78, 5) is 10.7. The first-order valence-electron chi connectivity index (χ1n) is 3.69. The molecule has 0 radical (unpaired) electrons. The van der Waals surface area contributed by atoms with Crippen LogP contribution in [0.3, 0.4) is 0 Å². The van der Waals surface area contributed by atoms with Gasteiger partial charge in [-0.15, -0.1) is 0 Å². The van der Waals surface area contributed by atoms with Crippen LogP contribution in [0.5, 0.6) is 0 Å². The van der Waals surface area contributed by atoms with Crippen LogP contribution in [0.25, 0.3) is 0 Å². The molecule has 0 aliphatic heterocycles. The van der Waals surface area contributed by atoms with Gasteiger partial charge in [-0.1, -0.05) is 0 Å². The molecular formula is C6H15ClHgN2O. The molecule has 0 aromatic carbocycles. The predicted octanol–water partition coefficient (Wildman–Crippen LogP) is 2.16. The van der Waals surface area contributed by atoms with Crippen LogP contribution in [-0.4, -0.2) is 5.91 Å². The van der Waals surface area contributed by atoms with E-state index in [9.17, 15) is 4.79 Å². The van der Waals surface area contributed by atoms with E-state index >= 15 is 0 Å². The van der Waals surface area contributed by atoms with Gasteiger partial charge in [-0.2, -0.15) is 0 Å². The average Bonchev–Trinajstić information content (AvgIpc) is 1.87. The van der Waals surface area contributed by atoms with Gasteiger partial charge >= 0.3 is 70.5 Å². The maximum Gasteiger partial charge on any atom is -0.344 e. The molecule has 1 amide bonds. The van der Waals surface area contributed by atoms with Crippen molar-refractivity contribution in [2.75, 3.05) is 0 Å². The van der Waals surface area contributed by atoms with Crippen molar-refractivity contribution < 1.29 is 25.3 Å². The van der Waals surface area contributed by atoms with E-state index in [1.54, 1.807) is 0 Å². The Morgan fingerprint density at radius 2 is 2.27 bits per heavy atom. The van der Waals surface area contributed by atoms with Gasteiger partial charge in [0.25, 0.3) is 0 Å². The van der Waals surface area contributed by atoms with Crippen molar-refractivity contribution in [3.63, 3.8) is 0 Å². The zero-order valence-corrected chi connectivity index (χ0v) is 13.4. The number of hydrogen-bond donors (Lipinski definition) is 2. The first-order chi connectivity index (χ1) is 4.52. The van der Waals surface area contributed by atoms with Crippen LogP contribution in [0.1, 0.15) is 6.92 Å². The molecular weight excluding hydrogens is 352 g/mol. The molecule has 1 unspecified atom stereocenters. The van der Waals surface area contributed by atoms with Gasteiger partial charge in [0.2, 0.25) is 0 Å². The van der Waals surface area contributed by atoms with Crippen molar-refractivity contribution in [2.24, 2.45) is 0 Å². The Morgan fingerprint density at radius 1 is 1.82 bits per heavy atom. The van der Waals surface area contributed by atoms with Crippen LogP contribution in [0.4, 0.5) is 0 Å². The summed E-state index contributed by atoms with van der Waals surface area (Å²) in [5.41, 5.74) is 0. The summed E-state index contributed by atoms with van der Waals surface area (Å²) in [7, 11) is 6.05. The van der Waals surface area contributed by atoms with Gasteiger partial charge < -0.3 is 6.15 Å². The Kier molecular flexibility index (Phi) is 7.57. The normalized spacial score (nSPS) is 11.2. The summed E-state index contributed by atoms with van der Waals surface area (Å²) in [5, 5.41) is 0. The first kappa shape index (κ1) is 13.9. The molecule has 0 aromatic heterocycles. The Morgan fingerprint density at radius 3 is 2.55 bits per heavy atom. The van der Waals surface area contributed by atoms with Crippen LogP contribution in [0.15, 0.2) is 12.7 Å². The molecule has 0 aliphatic rings. The van der Waals surface area contributed by atoms with Crippen molar-refractivity contribution in [1.29, 1.82) is 0 Å². The molecule has 11 heavy (non-hydrogen) atoms. The molecule has 0 aliphatic carbocycles.